The molecule has 0 bridgehead atoms. The Kier molecular flexibility index (Phi) is 5.22. The van der Waals surface area contributed by atoms with Gasteiger partial charge < -0.3 is 4.42 Å². The fourth-order valence-corrected chi connectivity index (χ4v) is 2.81. The first-order valence-corrected chi connectivity index (χ1v) is 8.42. The highest BCUT2D eigenvalue weighted by Gasteiger charge is 2.11. The fourth-order valence-electron chi connectivity index (χ4n) is 1.96. The summed E-state index contributed by atoms with van der Waals surface area (Å²) in [5.41, 5.74) is 1.98. The van der Waals surface area contributed by atoms with Gasteiger partial charge in [-0.05, 0) is 31.2 Å². The van der Waals surface area contributed by atoms with Crippen molar-refractivity contribution >= 4 is 23.7 Å². The molecule has 2 aromatic heterocycles. The Bertz CT molecular complexity index is 803. The molecule has 6 nitrogen and oxygen atoms in total. The number of nitrogens with zero attached hydrogens (tertiary/aromatic N) is 3. The molecule has 1 amide bonds. The monoisotopic (exact) mass is 340 g/mol. The number of aryl methyl sites for hydroxylation is 1. The highest BCUT2D eigenvalue weighted by Crippen LogP contribution is 2.20. The molecule has 0 atom stereocenters. The molecule has 1 aromatic carbocycles. The van der Waals surface area contributed by atoms with Crippen LogP contribution >= 0.6 is 11.8 Å². The van der Waals surface area contributed by atoms with Gasteiger partial charge in [0.25, 0.3) is 0 Å². The lowest BCUT2D eigenvalue weighted by Gasteiger charge is -2.02. The minimum Gasteiger partial charge on any atom is -0.403 e. The normalized spacial score (nSPS) is 10.5. The Hall–Kier alpha value is -2.67. The van der Waals surface area contributed by atoms with E-state index in [1.165, 1.54) is 5.56 Å². The smallest absolute Gasteiger partial charge is 0.322 e. The molecule has 122 valence electrons. The summed E-state index contributed by atoms with van der Waals surface area (Å²) < 4.78 is 5.43. The van der Waals surface area contributed by atoms with Gasteiger partial charge in [-0.15, -0.1) is 16.9 Å². The van der Waals surface area contributed by atoms with Crippen LogP contribution < -0.4 is 5.32 Å². The van der Waals surface area contributed by atoms with Gasteiger partial charge in [-0.25, -0.2) is 0 Å². The third kappa shape index (κ3) is 4.42. The van der Waals surface area contributed by atoms with E-state index in [9.17, 15) is 4.79 Å². The van der Waals surface area contributed by atoms with Crippen molar-refractivity contribution < 1.29 is 9.21 Å². The summed E-state index contributed by atoms with van der Waals surface area (Å²) in [7, 11) is 0. The maximum absolute atomic E-state index is 11.9. The average molecular weight is 340 g/mol. The number of rotatable bonds is 6. The van der Waals surface area contributed by atoms with Gasteiger partial charge >= 0.3 is 6.01 Å². The van der Waals surface area contributed by atoms with E-state index < -0.39 is 0 Å². The molecule has 0 spiro atoms. The van der Waals surface area contributed by atoms with E-state index in [2.05, 4.69) is 44.8 Å². The maximum Gasteiger partial charge on any atom is 0.322 e. The van der Waals surface area contributed by atoms with E-state index in [0.717, 1.165) is 10.5 Å². The Labute approximate surface area is 143 Å². The lowest BCUT2D eigenvalue weighted by molar-refractivity contribution is -0.115. The van der Waals surface area contributed by atoms with Crippen molar-refractivity contribution in [3.63, 3.8) is 0 Å². The number of hydrogen-bond donors (Lipinski definition) is 1. The number of thioether (sulfide) groups is 1. The van der Waals surface area contributed by atoms with E-state index in [-0.39, 0.29) is 11.9 Å². The van der Waals surface area contributed by atoms with Gasteiger partial charge in [-0.3, -0.25) is 15.1 Å². The lowest BCUT2D eigenvalue weighted by Crippen LogP contribution is -2.12. The lowest BCUT2D eigenvalue weighted by atomic mass is 10.2. The number of benzene rings is 1. The first-order valence-electron chi connectivity index (χ1n) is 7.44. The standard InChI is InChI=1S/C17H16N4O2S/c1-12-2-4-14(5-3-12)24-11-8-15(22)19-17-21-20-16(23-17)13-6-9-18-10-7-13/h2-7,9-10H,8,11H2,1H3,(H,19,21,22). The van der Waals surface area contributed by atoms with Crippen molar-refractivity contribution in [2.24, 2.45) is 0 Å². The molecule has 0 aliphatic heterocycles. The Morgan fingerprint density at radius 3 is 2.62 bits per heavy atom. The van der Waals surface area contributed by atoms with Crippen LogP contribution in [0.25, 0.3) is 11.5 Å². The average Bonchev–Trinajstić information content (AvgIpc) is 3.06. The minimum atomic E-state index is -0.153. The topological polar surface area (TPSA) is 80.9 Å². The molecule has 3 rings (SSSR count). The number of hydrogen-bond acceptors (Lipinski definition) is 6. The highest BCUT2D eigenvalue weighted by atomic mass is 32.2. The van der Waals surface area contributed by atoms with Crippen LogP contribution in [0, 0.1) is 6.92 Å². The predicted octanol–water partition coefficient (Wildman–Crippen LogP) is 3.56. The van der Waals surface area contributed by atoms with Gasteiger partial charge in [0.2, 0.25) is 11.8 Å². The van der Waals surface area contributed by atoms with Crippen LogP contribution in [0.2, 0.25) is 0 Å². The van der Waals surface area contributed by atoms with E-state index in [1.807, 2.05) is 6.92 Å². The van der Waals surface area contributed by atoms with Gasteiger partial charge in [-0.2, -0.15) is 0 Å². The summed E-state index contributed by atoms with van der Waals surface area (Å²) in [5, 5.41) is 10.4. The largest absolute Gasteiger partial charge is 0.403 e. The van der Waals surface area contributed by atoms with Gasteiger partial charge in [-0.1, -0.05) is 22.8 Å². The molecule has 2 heterocycles. The second kappa shape index (κ2) is 7.74. The van der Waals surface area contributed by atoms with Gasteiger partial charge in [0.1, 0.15) is 0 Å². The Balaban J connectivity index is 1.48. The summed E-state index contributed by atoms with van der Waals surface area (Å²) in [6, 6.07) is 11.8. The van der Waals surface area contributed by atoms with E-state index in [0.29, 0.717) is 18.1 Å². The van der Waals surface area contributed by atoms with Gasteiger partial charge in [0.05, 0.1) is 0 Å². The van der Waals surface area contributed by atoms with Crippen molar-refractivity contribution in [2.45, 2.75) is 18.2 Å². The second-order valence-electron chi connectivity index (χ2n) is 5.11. The van der Waals surface area contributed by atoms with Crippen LogP contribution in [0.3, 0.4) is 0 Å². The fraction of sp³-hybridized carbons (Fsp3) is 0.176. The predicted molar refractivity (Wildman–Crippen MR) is 92.7 cm³/mol. The molecule has 1 N–H and O–H groups in total. The summed E-state index contributed by atoms with van der Waals surface area (Å²) in [6.07, 6.45) is 3.64. The van der Waals surface area contributed by atoms with Crippen LogP contribution in [0.15, 0.2) is 58.1 Å². The van der Waals surface area contributed by atoms with Crippen LogP contribution in [0.1, 0.15) is 12.0 Å². The zero-order valence-corrected chi connectivity index (χ0v) is 13.9. The first kappa shape index (κ1) is 16.2. The molecule has 0 saturated heterocycles. The van der Waals surface area contributed by atoms with Gasteiger partial charge in [0.15, 0.2) is 0 Å². The van der Waals surface area contributed by atoms with E-state index in [1.54, 1.807) is 36.3 Å². The third-order valence-corrected chi connectivity index (χ3v) is 4.23. The van der Waals surface area contributed by atoms with Crippen molar-refractivity contribution in [1.29, 1.82) is 0 Å². The molecule has 0 aliphatic rings. The minimum absolute atomic E-state index is 0.104. The van der Waals surface area contributed by atoms with Crippen molar-refractivity contribution in [3.05, 3.63) is 54.4 Å². The van der Waals surface area contributed by atoms with Crippen LogP contribution in [0.5, 0.6) is 0 Å². The Morgan fingerprint density at radius 2 is 1.88 bits per heavy atom. The molecule has 7 heteroatoms. The van der Waals surface area contributed by atoms with Crippen molar-refractivity contribution in [1.82, 2.24) is 15.2 Å². The summed E-state index contributed by atoms with van der Waals surface area (Å²) >= 11 is 1.64. The third-order valence-electron chi connectivity index (χ3n) is 3.22. The van der Waals surface area contributed by atoms with Crippen LogP contribution in [-0.4, -0.2) is 26.8 Å². The number of aromatic nitrogens is 3. The SMILES string of the molecule is Cc1ccc(SCCC(=O)Nc2nnc(-c3ccncc3)o2)cc1. The second-order valence-corrected chi connectivity index (χ2v) is 6.28. The summed E-state index contributed by atoms with van der Waals surface area (Å²) in [4.78, 5) is 17.0. The molecule has 0 unspecified atom stereocenters. The molecule has 0 saturated carbocycles. The van der Waals surface area contributed by atoms with E-state index >= 15 is 0 Å². The molecule has 24 heavy (non-hydrogen) atoms. The molecule has 3 aromatic rings. The molecule has 0 aliphatic carbocycles. The number of anilines is 1. The molecular formula is C17H16N4O2S. The number of pyridine rings is 1. The Morgan fingerprint density at radius 1 is 1.12 bits per heavy atom. The van der Waals surface area contributed by atoms with Crippen LogP contribution in [-0.2, 0) is 4.79 Å². The number of carbonyl (C=O) groups is 1. The first-order chi connectivity index (χ1) is 11.7. The van der Waals surface area contributed by atoms with Crippen LogP contribution in [0.4, 0.5) is 6.01 Å². The maximum atomic E-state index is 11.9. The zero-order valence-electron chi connectivity index (χ0n) is 13.1. The molecule has 0 radical (unpaired) electrons. The summed E-state index contributed by atoms with van der Waals surface area (Å²) in [6.45, 7) is 2.05. The number of nitrogens with one attached hydrogen (secondary N) is 1. The van der Waals surface area contributed by atoms with Crippen molar-refractivity contribution in [2.75, 3.05) is 11.1 Å². The van der Waals surface area contributed by atoms with E-state index in [4.69, 9.17) is 4.42 Å². The number of carbonyl (C=O) groups excluding carboxylic acids is 1. The quantitative estimate of drug-likeness (QED) is 0.691. The number of amides is 1. The zero-order chi connectivity index (χ0) is 16.8. The molecular weight excluding hydrogens is 324 g/mol. The van der Waals surface area contributed by atoms with Crippen molar-refractivity contribution in [3.8, 4) is 11.5 Å². The highest BCUT2D eigenvalue weighted by molar-refractivity contribution is 7.99. The summed E-state index contributed by atoms with van der Waals surface area (Å²) in [5.74, 6) is 0.876. The van der Waals surface area contributed by atoms with Gasteiger partial charge in [0, 0.05) is 35.0 Å². The molecule has 0 fully saturated rings.